The van der Waals surface area contributed by atoms with Crippen LogP contribution in [0.2, 0.25) is 0 Å². The molecule has 5 heteroatoms. The van der Waals surface area contributed by atoms with Crippen LogP contribution < -0.4 is 0 Å². The first-order chi connectivity index (χ1) is 11.5. The van der Waals surface area contributed by atoms with Crippen molar-refractivity contribution in [1.82, 2.24) is 0 Å². The number of carbonyl (C=O) groups excluding carboxylic acids is 1. The van der Waals surface area contributed by atoms with Gasteiger partial charge in [0.2, 0.25) is 0 Å². The van der Waals surface area contributed by atoms with Crippen LogP contribution in [0.1, 0.15) is 61.4 Å². The molecule has 0 bridgehead atoms. The summed E-state index contributed by atoms with van der Waals surface area (Å²) in [6, 6.07) is 7.67. The van der Waals surface area contributed by atoms with Crippen molar-refractivity contribution in [1.29, 1.82) is 0 Å². The molecular formula is C19H21Br3O2. The highest BCUT2D eigenvalue weighted by Gasteiger charge is 2.15. The van der Waals surface area contributed by atoms with E-state index in [0.29, 0.717) is 12.2 Å². The van der Waals surface area contributed by atoms with E-state index in [9.17, 15) is 4.79 Å². The van der Waals surface area contributed by atoms with Gasteiger partial charge >= 0.3 is 5.97 Å². The Morgan fingerprint density at radius 3 is 2.12 bits per heavy atom. The highest BCUT2D eigenvalue weighted by Crippen LogP contribution is 2.37. The number of esters is 1. The fraction of sp³-hybridized carbons (Fsp3) is 0.421. The summed E-state index contributed by atoms with van der Waals surface area (Å²) in [6.45, 7) is 2.23. The number of allylic oxidation sites excluding steroid dienone is 4. The molecule has 0 heterocycles. The molecule has 0 atom stereocenters. The van der Waals surface area contributed by atoms with Crippen LogP contribution >= 0.6 is 47.8 Å². The first kappa shape index (κ1) is 19.9. The zero-order valence-electron chi connectivity index (χ0n) is 13.7. The van der Waals surface area contributed by atoms with Crippen molar-refractivity contribution in [2.24, 2.45) is 0 Å². The lowest BCUT2D eigenvalue weighted by Gasteiger charge is -2.06. The number of rotatable bonds is 3. The van der Waals surface area contributed by atoms with Gasteiger partial charge in [-0.1, -0.05) is 59.9 Å². The lowest BCUT2D eigenvalue weighted by Crippen LogP contribution is -2.04. The highest BCUT2D eigenvalue weighted by molar-refractivity contribution is 9.14. The van der Waals surface area contributed by atoms with Gasteiger partial charge in [-0.2, -0.15) is 0 Å². The first-order valence-electron chi connectivity index (χ1n) is 8.21. The van der Waals surface area contributed by atoms with Crippen molar-refractivity contribution in [3.05, 3.63) is 48.8 Å². The summed E-state index contributed by atoms with van der Waals surface area (Å²) in [6.07, 6.45) is 7.10. The average Bonchev–Trinajstić information content (AvgIpc) is 3.17. The maximum atomic E-state index is 11.6. The third kappa shape index (κ3) is 5.57. The van der Waals surface area contributed by atoms with Gasteiger partial charge in [-0.05, 0) is 73.2 Å². The molecule has 2 nitrogen and oxygen atoms in total. The van der Waals surface area contributed by atoms with Crippen LogP contribution in [-0.2, 0) is 4.74 Å². The Labute approximate surface area is 169 Å². The first-order valence-corrected chi connectivity index (χ1v) is 10.6. The summed E-state index contributed by atoms with van der Waals surface area (Å²) in [4.78, 5) is 11.6. The van der Waals surface area contributed by atoms with Gasteiger partial charge in [0, 0.05) is 8.96 Å². The molecule has 0 N–H and O–H groups in total. The summed E-state index contributed by atoms with van der Waals surface area (Å²) in [5.41, 5.74) is 3.07. The quantitative estimate of drug-likeness (QED) is 0.390. The topological polar surface area (TPSA) is 26.3 Å². The number of halogens is 3. The molecule has 0 radical (unpaired) electrons. The molecule has 0 aromatic heterocycles. The van der Waals surface area contributed by atoms with E-state index in [1.165, 1.54) is 44.7 Å². The van der Waals surface area contributed by atoms with E-state index in [-0.39, 0.29) is 5.97 Å². The molecule has 0 fully saturated rings. The molecule has 0 amide bonds. The van der Waals surface area contributed by atoms with Crippen LogP contribution in [0.5, 0.6) is 0 Å². The molecule has 2 aliphatic rings. The normalized spacial score (nSPS) is 17.0. The second-order valence-corrected chi connectivity index (χ2v) is 8.57. The largest absolute Gasteiger partial charge is 0.462 e. The lowest BCUT2D eigenvalue weighted by atomic mass is 10.0. The molecule has 0 unspecified atom stereocenters. The molecule has 2 aliphatic carbocycles. The van der Waals surface area contributed by atoms with Crippen LogP contribution in [0.4, 0.5) is 0 Å². The van der Waals surface area contributed by atoms with Gasteiger partial charge in [0.25, 0.3) is 0 Å². The Bertz CT molecular complexity index is 650. The van der Waals surface area contributed by atoms with E-state index >= 15 is 0 Å². The lowest BCUT2D eigenvalue weighted by molar-refractivity contribution is 0.0526. The zero-order valence-corrected chi connectivity index (χ0v) is 18.5. The Kier molecular flexibility index (Phi) is 8.24. The van der Waals surface area contributed by atoms with E-state index < -0.39 is 0 Å². The smallest absolute Gasteiger partial charge is 0.338 e. The maximum absolute atomic E-state index is 11.6. The zero-order chi connectivity index (χ0) is 17.5. The van der Waals surface area contributed by atoms with Gasteiger partial charge in [-0.25, -0.2) is 4.79 Å². The van der Waals surface area contributed by atoms with Crippen molar-refractivity contribution < 1.29 is 9.53 Å². The fourth-order valence-electron chi connectivity index (χ4n) is 2.73. The molecule has 130 valence electrons. The van der Waals surface area contributed by atoms with Gasteiger partial charge in [0.05, 0.1) is 12.2 Å². The minimum Gasteiger partial charge on any atom is -0.462 e. The number of hydrogen-bond donors (Lipinski definition) is 0. The second kappa shape index (κ2) is 9.93. The number of ether oxygens (including phenoxy) is 1. The van der Waals surface area contributed by atoms with Gasteiger partial charge < -0.3 is 4.74 Å². The van der Waals surface area contributed by atoms with Crippen LogP contribution in [0.25, 0.3) is 5.57 Å². The van der Waals surface area contributed by atoms with E-state index in [0.717, 1.165) is 18.4 Å². The van der Waals surface area contributed by atoms with Crippen LogP contribution in [0.3, 0.4) is 0 Å². The Hall–Kier alpha value is -0.390. The predicted molar refractivity (Wildman–Crippen MR) is 111 cm³/mol. The van der Waals surface area contributed by atoms with E-state index in [1.807, 2.05) is 25.1 Å². The van der Waals surface area contributed by atoms with Gasteiger partial charge in [-0.3, -0.25) is 0 Å². The average molecular weight is 521 g/mol. The highest BCUT2D eigenvalue weighted by atomic mass is 79.9. The Balaban J connectivity index is 0.000000249. The molecular weight excluding hydrogens is 500 g/mol. The summed E-state index contributed by atoms with van der Waals surface area (Å²) < 4.78 is 8.98. The standard InChI is InChI=1S/C14H15BrO2.C5H6Br2/c1-2-17-14(16)11-6-3-5-10(9-11)12-7-4-8-13(12)15;6-4-2-1-3-5(4)7/h3,5-6,9H,2,4,7-8H2,1H3;1-3H2. The Morgan fingerprint density at radius 2 is 1.62 bits per heavy atom. The van der Waals surface area contributed by atoms with Crippen molar-refractivity contribution in [3.8, 4) is 0 Å². The summed E-state index contributed by atoms with van der Waals surface area (Å²) in [5.74, 6) is -0.246. The SMILES string of the molecule is BrC1=C(Br)CCC1.CCOC(=O)c1cccc(C2=C(Br)CCC2)c1. The molecule has 1 aromatic rings. The predicted octanol–water partition coefficient (Wildman–Crippen LogP) is 7.32. The summed E-state index contributed by atoms with van der Waals surface area (Å²) in [5, 5.41) is 0. The molecule has 24 heavy (non-hydrogen) atoms. The number of benzene rings is 1. The number of hydrogen-bond acceptors (Lipinski definition) is 2. The third-order valence-electron chi connectivity index (χ3n) is 3.96. The van der Waals surface area contributed by atoms with Crippen LogP contribution in [0.15, 0.2) is 37.7 Å². The minimum atomic E-state index is -0.246. The molecule has 0 saturated carbocycles. The summed E-state index contributed by atoms with van der Waals surface area (Å²) >= 11 is 10.5. The van der Waals surface area contributed by atoms with Crippen molar-refractivity contribution in [2.45, 2.75) is 45.4 Å². The van der Waals surface area contributed by atoms with Gasteiger partial charge in [0.15, 0.2) is 0 Å². The molecule has 0 aliphatic heterocycles. The van der Waals surface area contributed by atoms with E-state index in [2.05, 4.69) is 47.8 Å². The van der Waals surface area contributed by atoms with Gasteiger partial charge in [-0.15, -0.1) is 0 Å². The van der Waals surface area contributed by atoms with E-state index in [4.69, 9.17) is 4.74 Å². The maximum Gasteiger partial charge on any atom is 0.338 e. The van der Waals surface area contributed by atoms with Crippen LogP contribution in [-0.4, -0.2) is 12.6 Å². The third-order valence-corrected chi connectivity index (χ3v) is 7.12. The van der Waals surface area contributed by atoms with Crippen molar-refractivity contribution >= 4 is 59.3 Å². The molecule has 0 spiro atoms. The monoisotopic (exact) mass is 518 g/mol. The summed E-state index contributed by atoms with van der Waals surface area (Å²) in [7, 11) is 0. The van der Waals surface area contributed by atoms with Crippen LogP contribution in [0, 0.1) is 0 Å². The molecule has 1 aromatic carbocycles. The van der Waals surface area contributed by atoms with Gasteiger partial charge in [0.1, 0.15) is 0 Å². The van der Waals surface area contributed by atoms with Crippen molar-refractivity contribution in [2.75, 3.05) is 6.61 Å². The fourth-order valence-corrected chi connectivity index (χ4v) is 4.39. The van der Waals surface area contributed by atoms with E-state index in [1.54, 1.807) is 6.07 Å². The minimum absolute atomic E-state index is 0.246. The van der Waals surface area contributed by atoms with Crippen molar-refractivity contribution in [3.63, 3.8) is 0 Å². The molecule has 3 rings (SSSR count). The Morgan fingerprint density at radius 1 is 1.00 bits per heavy atom. The second-order valence-electron chi connectivity index (χ2n) is 5.70. The number of carbonyl (C=O) groups is 1. The molecule has 0 saturated heterocycles.